The van der Waals surface area contributed by atoms with Gasteiger partial charge in [-0.15, -0.1) is 0 Å². The topological polar surface area (TPSA) is 106 Å². The number of nitrogens with two attached hydrogens (primary N) is 1. The molecule has 3 N–H and O–H groups in total. The number of likely N-dealkylation sites (tertiary alicyclic amines) is 1. The second-order valence-corrected chi connectivity index (χ2v) is 9.04. The zero-order valence-electron chi connectivity index (χ0n) is 19.0. The molecule has 3 heterocycles. The minimum absolute atomic E-state index is 0.127. The summed E-state index contributed by atoms with van der Waals surface area (Å²) in [5.74, 6) is -0.721. The fraction of sp³-hybridized carbons (Fsp3) is 0.435. The van der Waals surface area contributed by atoms with Gasteiger partial charge in [0, 0.05) is 37.0 Å². The van der Waals surface area contributed by atoms with Gasteiger partial charge in [0.25, 0.3) is 5.91 Å². The number of amides is 1. The first-order valence-electron chi connectivity index (χ1n) is 10.8. The highest BCUT2D eigenvalue weighted by Gasteiger charge is 2.34. The number of hydrogen-bond acceptors (Lipinski definition) is 6. The molecule has 0 spiro atoms. The summed E-state index contributed by atoms with van der Waals surface area (Å²) < 4.78 is 23.2. The number of carbonyl (C=O) groups excluding carboxylic acids is 1. The predicted molar refractivity (Wildman–Crippen MR) is 123 cm³/mol. The maximum absolute atomic E-state index is 15.3. The lowest BCUT2D eigenvalue weighted by atomic mass is 9.95. The SMILES string of the molecule is Cc1nc(C(C)c2cc(Cl)c(F)c(C(=O)N3CC[C@H](O)C3)c2OC(C)C)n2ccnc(N)c12. The summed E-state index contributed by atoms with van der Waals surface area (Å²) in [6.45, 7) is 7.78. The number of aliphatic hydroxyl groups excluding tert-OH is 1. The molecule has 1 aliphatic heterocycles. The van der Waals surface area contributed by atoms with E-state index in [-0.39, 0.29) is 29.0 Å². The Labute approximate surface area is 196 Å². The van der Waals surface area contributed by atoms with Crippen LogP contribution < -0.4 is 10.5 Å². The van der Waals surface area contributed by atoms with E-state index in [0.29, 0.717) is 41.4 Å². The van der Waals surface area contributed by atoms with Crippen LogP contribution in [0.1, 0.15) is 60.5 Å². The summed E-state index contributed by atoms with van der Waals surface area (Å²) in [6.07, 6.45) is 2.81. The number of fused-ring (bicyclic) bond motifs is 1. The Morgan fingerprint density at radius 1 is 1.39 bits per heavy atom. The van der Waals surface area contributed by atoms with Crippen LogP contribution in [0.3, 0.4) is 0 Å². The first-order valence-corrected chi connectivity index (χ1v) is 11.2. The van der Waals surface area contributed by atoms with Crippen molar-refractivity contribution in [1.82, 2.24) is 19.3 Å². The van der Waals surface area contributed by atoms with Crippen molar-refractivity contribution in [2.45, 2.75) is 52.2 Å². The number of aliphatic hydroxyl groups is 1. The maximum Gasteiger partial charge on any atom is 0.260 e. The lowest BCUT2D eigenvalue weighted by molar-refractivity contribution is 0.0753. The molecular formula is C23H27ClFN5O3. The summed E-state index contributed by atoms with van der Waals surface area (Å²) in [5.41, 5.74) is 7.73. The summed E-state index contributed by atoms with van der Waals surface area (Å²) >= 11 is 6.28. The van der Waals surface area contributed by atoms with E-state index in [0.717, 1.165) is 0 Å². The van der Waals surface area contributed by atoms with Crippen molar-refractivity contribution in [3.63, 3.8) is 0 Å². The molecule has 0 bridgehead atoms. The third-order valence-corrected chi connectivity index (χ3v) is 6.13. The van der Waals surface area contributed by atoms with Gasteiger partial charge in [-0.25, -0.2) is 14.4 Å². The Balaban J connectivity index is 1.91. The van der Waals surface area contributed by atoms with Gasteiger partial charge in [0.2, 0.25) is 0 Å². The monoisotopic (exact) mass is 475 g/mol. The Kier molecular flexibility index (Phi) is 6.20. The van der Waals surface area contributed by atoms with E-state index in [2.05, 4.69) is 9.97 Å². The number of β-amino-alcohol motifs (C(OH)–C–C–N with tert-alkyl or cyclic N) is 1. The number of rotatable bonds is 5. The zero-order chi connectivity index (χ0) is 24.0. The standard InChI is InChI=1S/C23H27ClFN5O3/c1-11(2)33-20-15(12(3)22-28-13(4)19-21(26)27-6-8-30(19)22)9-16(24)18(25)17(20)23(32)29-7-5-14(31)10-29/h6,8-9,11-12,14,31H,5,7,10H2,1-4H3,(H2,26,27)/t12?,14-/m0/s1. The fourth-order valence-electron chi connectivity index (χ4n) is 4.30. The normalized spacial score (nSPS) is 17.2. The molecule has 176 valence electrons. The first kappa shape index (κ1) is 23.3. The van der Waals surface area contributed by atoms with Crippen LogP contribution in [-0.4, -0.2) is 55.6 Å². The Hall–Kier alpha value is -2.91. The zero-order valence-corrected chi connectivity index (χ0v) is 19.7. The first-order chi connectivity index (χ1) is 15.6. The van der Waals surface area contributed by atoms with Gasteiger partial charge in [0.1, 0.15) is 28.5 Å². The summed E-state index contributed by atoms with van der Waals surface area (Å²) in [6, 6.07) is 1.48. The van der Waals surface area contributed by atoms with E-state index in [1.54, 1.807) is 26.2 Å². The molecule has 8 nitrogen and oxygen atoms in total. The number of ether oxygens (including phenoxy) is 1. The molecule has 0 saturated carbocycles. The molecule has 33 heavy (non-hydrogen) atoms. The van der Waals surface area contributed by atoms with Crippen molar-refractivity contribution in [2.24, 2.45) is 0 Å². The van der Waals surface area contributed by atoms with Crippen LogP contribution in [0.5, 0.6) is 5.75 Å². The van der Waals surface area contributed by atoms with Crippen LogP contribution in [-0.2, 0) is 0 Å². The van der Waals surface area contributed by atoms with Gasteiger partial charge in [-0.05, 0) is 33.3 Å². The van der Waals surface area contributed by atoms with Crippen molar-refractivity contribution in [1.29, 1.82) is 0 Å². The van der Waals surface area contributed by atoms with Crippen LogP contribution in [0.2, 0.25) is 5.02 Å². The Morgan fingerprint density at radius 3 is 2.76 bits per heavy atom. The number of aromatic nitrogens is 3. The lowest BCUT2D eigenvalue weighted by Crippen LogP contribution is -2.31. The number of carbonyl (C=O) groups is 1. The summed E-state index contributed by atoms with van der Waals surface area (Å²) in [7, 11) is 0. The van der Waals surface area contributed by atoms with Crippen molar-refractivity contribution in [3.05, 3.63) is 51.9 Å². The molecule has 1 aliphatic rings. The van der Waals surface area contributed by atoms with Crippen LogP contribution in [0.25, 0.3) is 5.52 Å². The molecule has 1 amide bonds. The smallest absolute Gasteiger partial charge is 0.260 e. The van der Waals surface area contributed by atoms with Gasteiger partial charge in [-0.3, -0.25) is 9.20 Å². The molecule has 0 aliphatic carbocycles. The Bertz CT molecular complexity index is 1230. The van der Waals surface area contributed by atoms with E-state index >= 15 is 4.39 Å². The van der Waals surface area contributed by atoms with Crippen molar-refractivity contribution in [2.75, 3.05) is 18.8 Å². The average Bonchev–Trinajstić information content (AvgIpc) is 3.33. The second-order valence-electron chi connectivity index (χ2n) is 8.63. The third kappa shape index (κ3) is 4.11. The second kappa shape index (κ2) is 8.79. The number of anilines is 1. The molecule has 2 aromatic heterocycles. The van der Waals surface area contributed by atoms with E-state index < -0.39 is 23.7 Å². The number of halogens is 2. The third-order valence-electron chi connectivity index (χ3n) is 5.86. The summed E-state index contributed by atoms with van der Waals surface area (Å²) in [4.78, 5) is 23.6. The molecule has 4 rings (SSSR count). The highest BCUT2D eigenvalue weighted by molar-refractivity contribution is 6.31. The molecule has 1 aromatic carbocycles. The molecule has 3 aromatic rings. The van der Waals surface area contributed by atoms with Gasteiger partial charge in [0.15, 0.2) is 5.82 Å². The van der Waals surface area contributed by atoms with Crippen molar-refractivity contribution < 1.29 is 19.0 Å². The largest absolute Gasteiger partial charge is 0.490 e. The van der Waals surface area contributed by atoms with Gasteiger partial charge in [0.05, 0.1) is 22.9 Å². The van der Waals surface area contributed by atoms with Crippen LogP contribution in [0.15, 0.2) is 18.5 Å². The van der Waals surface area contributed by atoms with Gasteiger partial charge in [-0.2, -0.15) is 0 Å². The number of nitrogens with zero attached hydrogens (tertiary/aromatic N) is 4. The average molecular weight is 476 g/mol. The lowest BCUT2D eigenvalue weighted by Gasteiger charge is -2.24. The number of hydrogen-bond donors (Lipinski definition) is 2. The number of imidazole rings is 1. The number of benzene rings is 1. The Morgan fingerprint density at radius 2 is 2.12 bits per heavy atom. The molecule has 1 saturated heterocycles. The maximum atomic E-state index is 15.3. The van der Waals surface area contributed by atoms with E-state index in [4.69, 9.17) is 22.1 Å². The molecule has 10 heteroatoms. The van der Waals surface area contributed by atoms with Gasteiger partial charge >= 0.3 is 0 Å². The number of nitrogen functional groups attached to an aromatic ring is 1. The molecular weight excluding hydrogens is 449 g/mol. The molecule has 1 fully saturated rings. The highest BCUT2D eigenvalue weighted by atomic mass is 35.5. The van der Waals surface area contributed by atoms with E-state index in [9.17, 15) is 9.90 Å². The number of aryl methyl sites for hydroxylation is 1. The van der Waals surface area contributed by atoms with Gasteiger partial charge in [-0.1, -0.05) is 18.5 Å². The minimum Gasteiger partial charge on any atom is -0.490 e. The molecule has 0 radical (unpaired) electrons. The van der Waals surface area contributed by atoms with E-state index in [1.165, 1.54) is 11.0 Å². The molecule has 1 unspecified atom stereocenters. The summed E-state index contributed by atoms with van der Waals surface area (Å²) in [5, 5.41) is 9.69. The van der Waals surface area contributed by atoms with Crippen LogP contribution in [0, 0.1) is 12.7 Å². The van der Waals surface area contributed by atoms with Crippen molar-refractivity contribution >= 4 is 28.8 Å². The van der Waals surface area contributed by atoms with Crippen LogP contribution in [0.4, 0.5) is 10.2 Å². The van der Waals surface area contributed by atoms with E-state index in [1.807, 2.05) is 18.2 Å². The quantitative estimate of drug-likeness (QED) is 0.584. The minimum atomic E-state index is -0.841. The van der Waals surface area contributed by atoms with Crippen LogP contribution >= 0.6 is 11.6 Å². The van der Waals surface area contributed by atoms with Crippen molar-refractivity contribution in [3.8, 4) is 5.75 Å². The molecule has 2 atom stereocenters. The highest BCUT2D eigenvalue weighted by Crippen LogP contribution is 2.40. The predicted octanol–water partition coefficient (Wildman–Crippen LogP) is 3.56. The van der Waals surface area contributed by atoms with Gasteiger partial charge < -0.3 is 20.5 Å². The fourth-order valence-corrected chi connectivity index (χ4v) is 4.51.